The summed E-state index contributed by atoms with van der Waals surface area (Å²) in [6, 6.07) is 12.8. The summed E-state index contributed by atoms with van der Waals surface area (Å²) in [6.45, 7) is 6.08. The van der Waals surface area contributed by atoms with Gasteiger partial charge in [-0.25, -0.2) is 0 Å². The van der Waals surface area contributed by atoms with Gasteiger partial charge in [0.05, 0.1) is 23.5 Å². The van der Waals surface area contributed by atoms with Crippen LogP contribution in [-0.2, 0) is 9.59 Å². The second-order valence-electron chi connectivity index (χ2n) is 7.61. The maximum absolute atomic E-state index is 13.2. The molecule has 4 rings (SSSR count). The number of halogens is 1. The van der Waals surface area contributed by atoms with Gasteiger partial charge in [0, 0.05) is 11.3 Å². The Morgan fingerprint density at radius 2 is 1.84 bits per heavy atom. The summed E-state index contributed by atoms with van der Waals surface area (Å²) in [6.07, 6.45) is 1.46. The van der Waals surface area contributed by atoms with Crippen molar-refractivity contribution in [3.8, 4) is 5.75 Å². The molecule has 2 heterocycles. The SMILES string of the molecule is CCOc1ccc(Cl)c(/C(O)=C2/C(=O)C(=O)N(c3cc(C)cc(C)c3)C2c2ccco2)c1. The van der Waals surface area contributed by atoms with Crippen molar-refractivity contribution in [2.24, 2.45) is 0 Å². The highest BCUT2D eigenvalue weighted by Gasteiger charge is 2.48. The highest BCUT2D eigenvalue weighted by atomic mass is 35.5. The Morgan fingerprint density at radius 3 is 2.47 bits per heavy atom. The van der Waals surface area contributed by atoms with Crippen LogP contribution in [0.15, 0.2) is 64.8 Å². The minimum Gasteiger partial charge on any atom is -0.507 e. The highest BCUT2D eigenvalue weighted by molar-refractivity contribution is 6.52. The van der Waals surface area contributed by atoms with E-state index >= 15 is 0 Å². The van der Waals surface area contributed by atoms with Gasteiger partial charge in [-0.2, -0.15) is 0 Å². The molecule has 0 aliphatic carbocycles. The molecule has 6 nitrogen and oxygen atoms in total. The summed E-state index contributed by atoms with van der Waals surface area (Å²) >= 11 is 6.34. The van der Waals surface area contributed by atoms with Gasteiger partial charge in [-0.15, -0.1) is 0 Å². The lowest BCUT2D eigenvalue weighted by Crippen LogP contribution is -2.29. The second kappa shape index (κ2) is 8.55. The molecule has 1 N–H and O–H groups in total. The van der Waals surface area contributed by atoms with E-state index in [1.807, 2.05) is 39.0 Å². The maximum Gasteiger partial charge on any atom is 0.300 e. The Hall–Kier alpha value is -3.51. The molecular weight excluding hydrogens is 430 g/mol. The molecule has 1 aromatic heterocycles. The maximum atomic E-state index is 13.2. The molecule has 1 aliphatic rings. The summed E-state index contributed by atoms with van der Waals surface area (Å²) in [7, 11) is 0. The number of ether oxygens (including phenoxy) is 1. The fraction of sp³-hybridized carbons (Fsp3) is 0.200. The van der Waals surface area contributed by atoms with Gasteiger partial charge in [0.15, 0.2) is 0 Å². The quantitative estimate of drug-likeness (QED) is 0.311. The number of carbonyl (C=O) groups is 2. The van der Waals surface area contributed by atoms with E-state index in [2.05, 4.69) is 0 Å². The van der Waals surface area contributed by atoms with Crippen molar-refractivity contribution in [1.29, 1.82) is 0 Å². The summed E-state index contributed by atoms with van der Waals surface area (Å²) in [5.74, 6) is -1.13. The average molecular weight is 452 g/mol. The van der Waals surface area contributed by atoms with E-state index in [9.17, 15) is 14.7 Å². The van der Waals surface area contributed by atoms with Crippen LogP contribution in [-0.4, -0.2) is 23.4 Å². The molecule has 1 saturated heterocycles. The first-order valence-electron chi connectivity index (χ1n) is 10.2. The van der Waals surface area contributed by atoms with Crippen molar-refractivity contribution in [1.82, 2.24) is 0 Å². The molecule has 1 aliphatic heterocycles. The lowest BCUT2D eigenvalue weighted by molar-refractivity contribution is -0.132. The fourth-order valence-corrected chi connectivity index (χ4v) is 4.20. The first-order valence-corrected chi connectivity index (χ1v) is 10.5. The highest BCUT2D eigenvalue weighted by Crippen LogP contribution is 2.43. The number of amides is 1. The van der Waals surface area contributed by atoms with Crippen LogP contribution in [0.1, 0.15) is 35.4 Å². The van der Waals surface area contributed by atoms with Crippen molar-refractivity contribution < 1.29 is 23.8 Å². The number of benzene rings is 2. The molecule has 32 heavy (non-hydrogen) atoms. The molecule has 7 heteroatoms. The summed E-state index contributed by atoms with van der Waals surface area (Å²) in [5.41, 5.74) is 2.52. The topological polar surface area (TPSA) is 80.0 Å². The number of aryl methyl sites for hydroxylation is 2. The standard InChI is InChI=1S/C25H22ClNO5/c1-4-31-17-7-8-19(26)18(13-17)23(28)21-22(20-6-5-9-32-20)27(25(30)24(21)29)16-11-14(2)10-15(3)12-16/h5-13,22,28H,4H2,1-3H3/b23-21-. The van der Waals surface area contributed by atoms with Crippen molar-refractivity contribution in [2.75, 3.05) is 11.5 Å². The Kier molecular flexibility index (Phi) is 5.80. The Bertz CT molecular complexity index is 1210. The minimum absolute atomic E-state index is 0.0975. The third-order valence-electron chi connectivity index (χ3n) is 5.25. The fourth-order valence-electron chi connectivity index (χ4n) is 3.99. The average Bonchev–Trinajstić information content (AvgIpc) is 3.35. The molecule has 1 fully saturated rings. The lowest BCUT2D eigenvalue weighted by atomic mass is 9.98. The van der Waals surface area contributed by atoms with Gasteiger partial charge in [-0.1, -0.05) is 17.7 Å². The molecular formula is C25H22ClNO5. The first-order chi connectivity index (χ1) is 15.3. The van der Waals surface area contributed by atoms with Gasteiger partial charge in [0.1, 0.15) is 23.3 Å². The monoisotopic (exact) mass is 451 g/mol. The van der Waals surface area contributed by atoms with Gasteiger partial charge in [0.25, 0.3) is 11.7 Å². The van der Waals surface area contributed by atoms with Crippen LogP contribution in [0.25, 0.3) is 5.76 Å². The summed E-state index contributed by atoms with van der Waals surface area (Å²) in [5, 5.41) is 11.4. The molecule has 1 amide bonds. The number of rotatable bonds is 5. The molecule has 0 spiro atoms. The van der Waals surface area contributed by atoms with Crippen LogP contribution in [0, 0.1) is 13.8 Å². The molecule has 0 radical (unpaired) electrons. The van der Waals surface area contributed by atoms with E-state index in [-0.39, 0.29) is 21.9 Å². The number of hydrogen-bond acceptors (Lipinski definition) is 5. The van der Waals surface area contributed by atoms with Gasteiger partial charge in [-0.05, 0) is 74.4 Å². The van der Waals surface area contributed by atoms with E-state index in [1.165, 1.54) is 11.2 Å². The van der Waals surface area contributed by atoms with Crippen LogP contribution in [0.5, 0.6) is 5.75 Å². The smallest absolute Gasteiger partial charge is 0.300 e. The van der Waals surface area contributed by atoms with Crippen LogP contribution in [0.3, 0.4) is 0 Å². The third kappa shape index (κ3) is 3.78. The molecule has 1 unspecified atom stereocenters. The molecule has 1 atom stereocenters. The van der Waals surface area contributed by atoms with E-state index in [1.54, 1.807) is 30.3 Å². The zero-order valence-electron chi connectivity index (χ0n) is 17.9. The van der Waals surface area contributed by atoms with Crippen molar-refractivity contribution >= 4 is 34.7 Å². The predicted molar refractivity (Wildman–Crippen MR) is 122 cm³/mol. The number of nitrogens with zero attached hydrogens (tertiary/aromatic N) is 1. The third-order valence-corrected chi connectivity index (χ3v) is 5.58. The number of Topliss-reactive ketones (excluding diaryl/α,β-unsaturated/α-hetero) is 1. The number of furan rings is 1. The van der Waals surface area contributed by atoms with Gasteiger partial charge in [-0.3, -0.25) is 14.5 Å². The predicted octanol–water partition coefficient (Wildman–Crippen LogP) is 5.57. The molecule has 0 saturated carbocycles. The van der Waals surface area contributed by atoms with Crippen LogP contribution >= 0.6 is 11.6 Å². The van der Waals surface area contributed by atoms with E-state index in [0.29, 0.717) is 23.8 Å². The van der Waals surface area contributed by atoms with Gasteiger partial charge in [0.2, 0.25) is 0 Å². The molecule has 0 bridgehead atoms. The van der Waals surface area contributed by atoms with E-state index < -0.39 is 17.7 Å². The Balaban J connectivity index is 1.94. The number of carbonyl (C=O) groups excluding carboxylic acids is 2. The molecule has 3 aromatic rings. The molecule has 2 aromatic carbocycles. The number of anilines is 1. The van der Waals surface area contributed by atoms with Crippen molar-refractivity contribution in [3.05, 3.63) is 87.8 Å². The number of hydrogen-bond donors (Lipinski definition) is 1. The summed E-state index contributed by atoms with van der Waals surface area (Å²) in [4.78, 5) is 27.7. The zero-order valence-corrected chi connectivity index (χ0v) is 18.6. The van der Waals surface area contributed by atoms with Crippen LogP contribution < -0.4 is 9.64 Å². The van der Waals surface area contributed by atoms with E-state index in [4.69, 9.17) is 20.8 Å². The number of ketones is 1. The summed E-state index contributed by atoms with van der Waals surface area (Å²) < 4.78 is 11.1. The number of aliphatic hydroxyl groups excluding tert-OH is 1. The van der Waals surface area contributed by atoms with Gasteiger partial charge < -0.3 is 14.3 Å². The molecule has 164 valence electrons. The van der Waals surface area contributed by atoms with Crippen molar-refractivity contribution in [3.63, 3.8) is 0 Å². The van der Waals surface area contributed by atoms with Crippen LogP contribution in [0.4, 0.5) is 5.69 Å². The largest absolute Gasteiger partial charge is 0.507 e. The lowest BCUT2D eigenvalue weighted by Gasteiger charge is -2.24. The Morgan fingerprint density at radius 1 is 1.12 bits per heavy atom. The normalized spacial score (nSPS) is 17.8. The Labute approximate surface area is 190 Å². The second-order valence-corrected chi connectivity index (χ2v) is 8.01. The minimum atomic E-state index is -0.946. The van der Waals surface area contributed by atoms with Crippen molar-refractivity contribution in [2.45, 2.75) is 26.8 Å². The van der Waals surface area contributed by atoms with Gasteiger partial charge >= 0.3 is 0 Å². The zero-order chi connectivity index (χ0) is 23.0. The van der Waals surface area contributed by atoms with Crippen LogP contribution in [0.2, 0.25) is 5.02 Å². The number of aliphatic hydroxyl groups is 1. The van der Waals surface area contributed by atoms with E-state index in [0.717, 1.165) is 11.1 Å². The first kappa shape index (κ1) is 21.7.